The summed E-state index contributed by atoms with van der Waals surface area (Å²) in [5.41, 5.74) is 1.07. The maximum absolute atomic E-state index is 11.6. The van der Waals surface area contributed by atoms with Gasteiger partial charge in [0.1, 0.15) is 0 Å². The van der Waals surface area contributed by atoms with Crippen molar-refractivity contribution in [2.45, 2.75) is 32.7 Å². The third-order valence-corrected chi connectivity index (χ3v) is 4.38. The Balaban J connectivity index is 0.00000280. The fourth-order valence-corrected chi connectivity index (χ4v) is 3.02. The molecule has 0 aromatic carbocycles. The van der Waals surface area contributed by atoms with E-state index < -0.39 is 0 Å². The van der Waals surface area contributed by atoms with E-state index in [9.17, 15) is 4.79 Å². The van der Waals surface area contributed by atoms with Gasteiger partial charge in [0.15, 0.2) is 11.8 Å². The number of pyridine rings is 1. The average Bonchev–Trinajstić information content (AvgIpc) is 3.35. The molecule has 1 fully saturated rings. The molecule has 0 bridgehead atoms. The molecular formula is C19H28IN7O. The fourth-order valence-electron chi connectivity index (χ4n) is 3.02. The molecule has 2 N–H and O–H groups in total. The van der Waals surface area contributed by atoms with E-state index in [1.54, 1.807) is 17.1 Å². The van der Waals surface area contributed by atoms with Crippen LogP contribution in [0.25, 0.3) is 5.82 Å². The molecule has 0 saturated carbocycles. The highest BCUT2D eigenvalue weighted by atomic mass is 127. The number of nitrogens with zero attached hydrogens (tertiary/aromatic N) is 5. The van der Waals surface area contributed by atoms with Crippen molar-refractivity contribution in [3.63, 3.8) is 0 Å². The highest BCUT2D eigenvalue weighted by Crippen LogP contribution is 2.09. The minimum absolute atomic E-state index is 0. The monoisotopic (exact) mass is 497 g/mol. The largest absolute Gasteiger partial charge is 0.357 e. The molecule has 2 aromatic heterocycles. The molecule has 1 aliphatic rings. The summed E-state index contributed by atoms with van der Waals surface area (Å²) in [6.07, 6.45) is 7.97. The number of aromatic nitrogens is 3. The first-order chi connectivity index (χ1) is 13.3. The Morgan fingerprint density at radius 1 is 1.32 bits per heavy atom. The predicted octanol–water partition coefficient (Wildman–Crippen LogP) is 1.95. The van der Waals surface area contributed by atoms with Crippen LogP contribution in [0.3, 0.4) is 0 Å². The van der Waals surface area contributed by atoms with Crippen molar-refractivity contribution in [3.8, 4) is 5.82 Å². The first kappa shape index (κ1) is 22.1. The maximum atomic E-state index is 11.6. The Morgan fingerprint density at radius 3 is 2.93 bits per heavy atom. The molecule has 3 rings (SSSR count). The van der Waals surface area contributed by atoms with Crippen molar-refractivity contribution >= 4 is 35.8 Å². The molecule has 0 aliphatic carbocycles. The number of amides is 1. The molecule has 0 spiro atoms. The summed E-state index contributed by atoms with van der Waals surface area (Å²) in [5.74, 6) is 1.84. The lowest BCUT2D eigenvalue weighted by molar-refractivity contribution is -0.127. The average molecular weight is 497 g/mol. The molecule has 0 atom stereocenters. The summed E-state index contributed by atoms with van der Waals surface area (Å²) in [6.45, 7) is 5.88. The minimum Gasteiger partial charge on any atom is -0.357 e. The lowest BCUT2D eigenvalue weighted by Crippen LogP contribution is -2.39. The molecule has 8 nitrogen and oxygen atoms in total. The van der Waals surface area contributed by atoms with Gasteiger partial charge in [-0.3, -0.25) is 4.79 Å². The fraction of sp³-hybridized carbons (Fsp3) is 0.474. The third-order valence-electron chi connectivity index (χ3n) is 4.38. The topological polar surface area (TPSA) is 87.4 Å². The highest BCUT2D eigenvalue weighted by molar-refractivity contribution is 14.0. The van der Waals surface area contributed by atoms with E-state index in [2.05, 4.69) is 25.7 Å². The van der Waals surface area contributed by atoms with E-state index in [0.29, 0.717) is 13.0 Å². The van der Waals surface area contributed by atoms with E-state index >= 15 is 0 Å². The van der Waals surface area contributed by atoms with Gasteiger partial charge in [0.05, 0.1) is 6.54 Å². The molecule has 3 heterocycles. The quantitative estimate of drug-likeness (QED) is 0.252. The summed E-state index contributed by atoms with van der Waals surface area (Å²) in [4.78, 5) is 22.6. The van der Waals surface area contributed by atoms with Gasteiger partial charge in [0, 0.05) is 51.2 Å². The molecule has 1 aliphatic heterocycles. The van der Waals surface area contributed by atoms with Crippen molar-refractivity contribution in [2.75, 3.05) is 26.2 Å². The van der Waals surface area contributed by atoms with Gasteiger partial charge >= 0.3 is 0 Å². The van der Waals surface area contributed by atoms with Gasteiger partial charge in [0.25, 0.3) is 0 Å². The van der Waals surface area contributed by atoms with Crippen LogP contribution in [0.15, 0.2) is 41.8 Å². The van der Waals surface area contributed by atoms with Crippen LogP contribution in [-0.2, 0) is 11.3 Å². The lowest BCUT2D eigenvalue weighted by Gasteiger charge is -2.16. The first-order valence-electron chi connectivity index (χ1n) is 9.51. The zero-order valence-corrected chi connectivity index (χ0v) is 18.5. The molecule has 1 saturated heterocycles. The number of hydrogen-bond donors (Lipinski definition) is 2. The zero-order valence-electron chi connectivity index (χ0n) is 16.2. The van der Waals surface area contributed by atoms with Crippen LogP contribution in [0.4, 0.5) is 0 Å². The van der Waals surface area contributed by atoms with Crippen LogP contribution in [-0.4, -0.2) is 57.7 Å². The highest BCUT2D eigenvalue weighted by Gasteiger charge is 2.18. The van der Waals surface area contributed by atoms with Gasteiger partial charge in [-0.2, -0.15) is 5.10 Å². The van der Waals surface area contributed by atoms with Crippen LogP contribution >= 0.6 is 24.0 Å². The number of carbonyl (C=O) groups is 1. The Labute approximate surface area is 182 Å². The molecule has 0 unspecified atom stereocenters. The first-order valence-corrected chi connectivity index (χ1v) is 9.51. The summed E-state index contributed by atoms with van der Waals surface area (Å²) >= 11 is 0. The van der Waals surface area contributed by atoms with E-state index in [1.165, 1.54) is 0 Å². The molecule has 152 valence electrons. The number of carbonyl (C=O) groups excluding carboxylic acids is 1. The van der Waals surface area contributed by atoms with Crippen molar-refractivity contribution in [1.29, 1.82) is 0 Å². The van der Waals surface area contributed by atoms with Crippen LogP contribution < -0.4 is 10.6 Å². The number of hydrogen-bond acceptors (Lipinski definition) is 4. The van der Waals surface area contributed by atoms with E-state index in [0.717, 1.165) is 56.4 Å². The summed E-state index contributed by atoms with van der Waals surface area (Å²) in [7, 11) is 0. The zero-order chi connectivity index (χ0) is 18.9. The van der Waals surface area contributed by atoms with Gasteiger partial charge in [-0.25, -0.2) is 14.7 Å². The molecule has 28 heavy (non-hydrogen) atoms. The number of nitrogens with one attached hydrogen (secondary N) is 2. The number of likely N-dealkylation sites (tertiary alicyclic amines) is 1. The maximum Gasteiger partial charge on any atom is 0.222 e. The summed E-state index contributed by atoms with van der Waals surface area (Å²) in [5, 5.41) is 10.8. The number of aliphatic imine (C=N–C) groups is 1. The Hall–Kier alpha value is -2.17. The molecule has 0 radical (unpaired) electrons. The molecule has 9 heteroatoms. The Morgan fingerprint density at radius 2 is 2.21 bits per heavy atom. The minimum atomic E-state index is 0. The molecule has 1 amide bonds. The summed E-state index contributed by atoms with van der Waals surface area (Å²) in [6, 6.07) is 5.81. The molecule has 2 aromatic rings. The van der Waals surface area contributed by atoms with Gasteiger partial charge in [0.2, 0.25) is 5.91 Å². The Kier molecular flexibility index (Phi) is 9.18. The SMILES string of the molecule is CCNC(=NCc1ccnc(-n2cccn2)c1)NCCCN1CCCC1=O.I. The standard InChI is InChI=1S/C19H27N7O.HI/c1-2-20-19(22-8-4-12-25-11-3-6-18(25)27)23-15-16-7-10-21-17(14-16)26-13-5-9-24-26;/h5,7,9-10,13-14H,2-4,6,8,11-12,15H2,1H3,(H2,20,22,23);1H. The lowest BCUT2D eigenvalue weighted by atomic mass is 10.2. The van der Waals surface area contributed by atoms with Crippen molar-refractivity contribution < 1.29 is 4.79 Å². The number of guanidine groups is 1. The van der Waals surface area contributed by atoms with Crippen molar-refractivity contribution in [3.05, 3.63) is 42.4 Å². The second-order valence-electron chi connectivity index (χ2n) is 6.43. The van der Waals surface area contributed by atoms with Gasteiger partial charge < -0.3 is 15.5 Å². The third kappa shape index (κ3) is 6.47. The summed E-state index contributed by atoms with van der Waals surface area (Å²) < 4.78 is 1.73. The van der Waals surface area contributed by atoms with Crippen LogP contribution in [0.1, 0.15) is 31.7 Å². The number of rotatable bonds is 8. The predicted molar refractivity (Wildman–Crippen MR) is 120 cm³/mol. The van der Waals surface area contributed by atoms with E-state index in [1.807, 2.05) is 36.2 Å². The van der Waals surface area contributed by atoms with Gasteiger partial charge in [-0.05, 0) is 43.5 Å². The van der Waals surface area contributed by atoms with Gasteiger partial charge in [-0.15, -0.1) is 24.0 Å². The van der Waals surface area contributed by atoms with Gasteiger partial charge in [-0.1, -0.05) is 0 Å². The van der Waals surface area contributed by atoms with E-state index in [-0.39, 0.29) is 29.9 Å². The molecular weight excluding hydrogens is 469 g/mol. The smallest absolute Gasteiger partial charge is 0.222 e. The van der Waals surface area contributed by atoms with Crippen LogP contribution in [0, 0.1) is 0 Å². The second kappa shape index (κ2) is 11.6. The van der Waals surface area contributed by atoms with Crippen molar-refractivity contribution in [2.24, 2.45) is 4.99 Å². The Bertz CT molecular complexity index is 763. The van der Waals surface area contributed by atoms with Crippen LogP contribution in [0.2, 0.25) is 0 Å². The van der Waals surface area contributed by atoms with Crippen LogP contribution in [0.5, 0.6) is 0 Å². The van der Waals surface area contributed by atoms with E-state index in [4.69, 9.17) is 0 Å². The normalized spacial score (nSPS) is 14.1. The van der Waals surface area contributed by atoms with Crippen molar-refractivity contribution in [1.82, 2.24) is 30.3 Å². The number of halogens is 1. The second-order valence-corrected chi connectivity index (χ2v) is 6.43.